The minimum absolute atomic E-state index is 0.0644. The van der Waals surface area contributed by atoms with Crippen molar-refractivity contribution in [1.82, 2.24) is 35.8 Å². The standard InChI is InChI=1S/C39H65N11O6/c1-39(2,3)27(34(40)53)23-31(51)28(16-10-20-43-38(41)42)44-35(54)29-17-11-21-49-24-26(47-48-49)15-8-5-9-19-32(52)50-22-12-18-30(50)36(55)46-33(37(56)45-29)25-13-6-4-7-14-25/h24-25,27-30,33H,4-23H2,1-3H3,(H2,40,53)(H,44,54)(H,45,56)(H,46,55)(H4,41,42,43)/t27-,28+,29+,30+,33+/m1/s1. The lowest BCUT2D eigenvalue weighted by Gasteiger charge is -2.33. The molecule has 1 saturated carbocycles. The number of carbonyl (C=O) groups is 6. The van der Waals surface area contributed by atoms with Crippen molar-refractivity contribution in [2.24, 2.45) is 39.4 Å². The molecule has 17 nitrogen and oxygen atoms in total. The summed E-state index contributed by atoms with van der Waals surface area (Å²) in [5.74, 6) is -3.51. The number of nitrogens with one attached hydrogen (secondary N) is 3. The van der Waals surface area contributed by atoms with Crippen molar-refractivity contribution in [3.63, 3.8) is 0 Å². The number of aryl methyl sites for hydroxylation is 2. The second kappa shape index (κ2) is 21.1. The Morgan fingerprint density at radius 1 is 0.893 bits per heavy atom. The van der Waals surface area contributed by atoms with Crippen LogP contribution in [0.2, 0.25) is 0 Å². The van der Waals surface area contributed by atoms with Crippen LogP contribution in [0.5, 0.6) is 0 Å². The van der Waals surface area contributed by atoms with Gasteiger partial charge in [-0.05, 0) is 82.0 Å². The summed E-state index contributed by atoms with van der Waals surface area (Å²) < 4.78 is 1.71. The fraction of sp³-hybridized carbons (Fsp3) is 0.769. The molecule has 2 bridgehead atoms. The van der Waals surface area contributed by atoms with E-state index >= 15 is 0 Å². The Morgan fingerprint density at radius 3 is 2.29 bits per heavy atom. The van der Waals surface area contributed by atoms with Crippen LogP contribution in [-0.2, 0) is 41.7 Å². The highest BCUT2D eigenvalue weighted by atomic mass is 16.2. The molecular formula is C39H65N11O6. The maximum absolute atomic E-state index is 14.4. The highest BCUT2D eigenvalue weighted by molar-refractivity contribution is 5.96. The zero-order valence-corrected chi connectivity index (χ0v) is 33.6. The first-order valence-corrected chi connectivity index (χ1v) is 20.6. The Labute approximate surface area is 330 Å². The van der Waals surface area contributed by atoms with Gasteiger partial charge in [0.25, 0.3) is 0 Å². The highest BCUT2D eigenvalue weighted by Gasteiger charge is 2.40. The van der Waals surface area contributed by atoms with E-state index in [9.17, 15) is 28.8 Å². The van der Waals surface area contributed by atoms with E-state index in [-0.39, 0.29) is 55.3 Å². The van der Waals surface area contributed by atoms with E-state index in [0.29, 0.717) is 58.0 Å². The Balaban J connectivity index is 1.62. The Hall–Kier alpha value is -4.57. The van der Waals surface area contributed by atoms with E-state index in [0.717, 1.165) is 50.6 Å². The summed E-state index contributed by atoms with van der Waals surface area (Å²) in [5, 5.41) is 17.4. The van der Waals surface area contributed by atoms with E-state index in [4.69, 9.17) is 17.2 Å². The highest BCUT2D eigenvalue weighted by Crippen LogP contribution is 2.30. The molecule has 9 N–H and O–H groups in total. The fourth-order valence-corrected chi connectivity index (χ4v) is 8.17. The molecule has 0 unspecified atom stereocenters. The summed E-state index contributed by atoms with van der Waals surface area (Å²) in [4.78, 5) is 87.8. The molecule has 3 aliphatic rings. The smallest absolute Gasteiger partial charge is 0.243 e. The summed E-state index contributed by atoms with van der Waals surface area (Å²) in [6.07, 6.45) is 11.8. The zero-order chi connectivity index (χ0) is 40.8. The van der Waals surface area contributed by atoms with Gasteiger partial charge in [0.1, 0.15) is 18.1 Å². The molecule has 0 aromatic carbocycles. The van der Waals surface area contributed by atoms with E-state index in [2.05, 4.69) is 31.3 Å². The van der Waals surface area contributed by atoms with Crippen LogP contribution in [-0.4, -0.2) is 98.4 Å². The van der Waals surface area contributed by atoms with Crippen molar-refractivity contribution in [3.8, 4) is 0 Å². The topological polar surface area (TPSA) is 263 Å². The minimum Gasteiger partial charge on any atom is -0.370 e. The molecule has 5 amide bonds. The third-order valence-corrected chi connectivity index (χ3v) is 11.4. The number of hydrogen-bond donors (Lipinski definition) is 6. The number of rotatable bonds is 11. The van der Waals surface area contributed by atoms with Gasteiger partial charge in [-0.2, -0.15) is 0 Å². The maximum atomic E-state index is 14.4. The van der Waals surface area contributed by atoms with Crippen molar-refractivity contribution in [1.29, 1.82) is 0 Å². The maximum Gasteiger partial charge on any atom is 0.243 e. The van der Waals surface area contributed by atoms with Gasteiger partial charge in [-0.3, -0.25) is 38.4 Å². The summed E-state index contributed by atoms with van der Waals surface area (Å²) in [7, 11) is 0. The molecule has 17 heteroatoms. The van der Waals surface area contributed by atoms with Gasteiger partial charge < -0.3 is 38.1 Å². The first-order chi connectivity index (χ1) is 26.6. The average Bonchev–Trinajstić information content (AvgIpc) is 3.83. The predicted molar refractivity (Wildman–Crippen MR) is 210 cm³/mol. The SMILES string of the molecule is CC(C)(C)[C@H](CC(=O)[C@H](CCCN=C(N)N)NC(=O)[C@@H]1CCCn2cc(nn2)CCCCCC(=O)N2CCC[C@H]2C(=O)N[C@@H](C2CCCCC2)C(=O)N1)C(N)=O. The van der Waals surface area contributed by atoms with Gasteiger partial charge in [0, 0.05) is 44.6 Å². The number of fused-ring (bicyclic) bond motifs is 3. The van der Waals surface area contributed by atoms with Crippen LogP contribution in [0.25, 0.3) is 0 Å². The minimum atomic E-state index is -1.08. The van der Waals surface area contributed by atoms with Gasteiger partial charge in [-0.25, -0.2) is 0 Å². The van der Waals surface area contributed by atoms with Gasteiger partial charge in [0.2, 0.25) is 29.5 Å². The number of hydrogen-bond acceptors (Lipinski definition) is 9. The van der Waals surface area contributed by atoms with Crippen LogP contribution in [0.4, 0.5) is 0 Å². The van der Waals surface area contributed by atoms with E-state index < -0.39 is 53.2 Å². The summed E-state index contributed by atoms with van der Waals surface area (Å²) in [6.45, 7) is 6.60. The molecule has 2 fully saturated rings. The molecule has 56 heavy (non-hydrogen) atoms. The third-order valence-electron chi connectivity index (χ3n) is 11.4. The summed E-state index contributed by atoms with van der Waals surface area (Å²) in [6, 6.07) is -3.67. The molecule has 1 aromatic heterocycles. The normalized spacial score (nSPS) is 23.5. The molecule has 4 rings (SSSR count). The fourth-order valence-electron chi connectivity index (χ4n) is 8.17. The molecule has 0 radical (unpaired) electrons. The number of primary amides is 1. The largest absolute Gasteiger partial charge is 0.370 e. The lowest BCUT2D eigenvalue weighted by atomic mass is 9.76. The molecule has 2 aliphatic heterocycles. The quantitative estimate of drug-likeness (QED) is 0.107. The lowest BCUT2D eigenvalue weighted by molar-refractivity contribution is -0.140. The van der Waals surface area contributed by atoms with E-state index in [1.807, 2.05) is 27.0 Å². The Morgan fingerprint density at radius 2 is 1.59 bits per heavy atom. The molecule has 3 heterocycles. The van der Waals surface area contributed by atoms with Crippen LogP contribution >= 0.6 is 0 Å². The lowest BCUT2D eigenvalue weighted by Crippen LogP contribution is -2.59. The molecule has 312 valence electrons. The van der Waals surface area contributed by atoms with Crippen molar-refractivity contribution < 1.29 is 28.8 Å². The Kier molecular flexibility index (Phi) is 16.6. The van der Waals surface area contributed by atoms with E-state index in [1.54, 1.807) is 9.58 Å². The van der Waals surface area contributed by atoms with Crippen LogP contribution in [0.1, 0.15) is 129 Å². The van der Waals surface area contributed by atoms with Gasteiger partial charge in [-0.1, -0.05) is 51.7 Å². The summed E-state index contributed by atoms with van der Waals surface area (Å²) >= 11 is 0. The Bertz CT molecular complexity index is 1550. The average molecular weight is 784 g/mol. The number of aliphatic imine (C=N–C) groups is 1. The molecular weight excluding hydrogens is 718 g/mol. The first kappa shape index (κ1) is 44.1. The van der Waals surface area contributed by atoms with Gasteiger partial charge in [-0.15, -0.1) is 5.10 Å². The van der Waals surface area contributed by atoms with Crippen LogP contribution in [0, 0.1) is 17.3 Å². The number of nitrogens with two attached hydrogens (primary N) is 3. The molecule has 1 aromatic rings. The van der Waals surface area contributed by atoms with Crippen LogP contribution in [0.15, 0.2) is 11.2 Å². The van der Waals surface area contributed by atoms with E-state index in [1.165, 1.54) is 0 Å². The molecule has 0 spiro atoms. The first-order valence-electron chi connectivity index (χ1n) is 20.6. The molecule has 1 aliphatic carbocycles. The third kappa shape index (κ3) is 13.3. The van der Waals surface area contributed by atoms with Crippen molar-refractivity contribution >= 4 is 41.3 Å². The number of aromatic nitrogens is 3. The number of ketones is 1. The van der Waals surface area contributed by atoms with Gasteiger partial charge in [0.15, 0.2) is 11.7 Å². The monoisotopic (exact) mass is 784 g/mol. The number of nitrogens with zero attached hydrogens (tertiary/aromatic N) is 5. The predicted octanol–water partition coefficient (Wildman–Crippen LogP) is 1.36. The van der Waals surface area contributed by atoms with Crippen molar-refractivity contribution in [3.05, 3.63) is 11.9 Å². The van der Waals surface area contributed by atoms with Crippen molar-refractivity contribution in [2.75, 3.05) is 13.1 Å². The zero-order valence-electron chi connectivity index (χ0n) is 33.6. The van der Waals surface area contributed by atoms with Crippen LogP contribution in [0.3, 0.4) is 0 Å². The molecule has 1 saturated heterocycles. The molecule has 5 atom stereocenters. The number of amides is 5. The second-order valence-electron chi connectivity index (χ2n) is 16.9. The number of guanidine groups is 1. The number of Topliss-reactive ketones (excluding diaryl/α,β-unsaturated/α-hetero) is 1. The van der Waals surface area contributed by atoms with Crippen molar-refractivity contribution in [2.45, 2.75) is 161 Å². The number of carbonyl (C=O) groups excluding carboxylic acids is 6. The van der Waals surface area contributed by atoms with Gasteiger partial charge in [0.05, 0.1) is 11.7 Å². The summed E-state index contributed by atoms with van der Waals surface area (Å²) in [5.41, 5.74) is 16.9. The van der Waals surface area contributed by atoms with Gasteiger partial charge >= 0.3 is 0 Å². The second-order valence-corrected chi connectivity index (χ2v) is 16.9. The van der Waals surface area contributed by atoms with Crippen LogP contribution < -0.4 is 33.2 Å².